The quantitative estimate of drug-likeness (QED) is 0.626. The molecule has 0 aliphatic heterocycles. The van der Waals surface area contributed by atoms with E-state index in [1.807, 2.05) is 6.92 Å². The Morgan fingerprint density at radius 2 is 2.46 bits per heavy atom. The fraction of sp³-hybridized carbons (Fsp3) is 0.471. The van der Waals surface area contributed by atoms with Gasteiger partial charge < -0.3 is 9.73 Å². The van der Waals surface area contributed by atoms with Gasteiger partial charge in [0.25, 0.3) is 11.1 Å². The Labute approximate surface area is 149 Å². The number of carbonyl (C=O) groups is 1. The molecule has 2 aromatic rings. The first-order valence-electron chi connectivity index (χ1n) is 8.07. The molecule has 1 N–H and O–H groups in total. The SMILES string of the molecule is C=CCNC(=O)[C@H](C)Sc1nnc(-c2cc3c(s2)CC[C@H](C)C3)o1. The standard InChI is InChI=1S/C17H21N3O2S2/c1-4-7-18-15(21)11(3)23-17-20-19-16(22-17)14-9-12-8-10(2)5-6-13(12)24-14/h4,9-11H,1,5-8H2,2-3H3,(H,18,21)/t10-,11-/m0/s1. The van der Waals surface area contributed by atoms with Crippen molar-refractivity contribution in [3.05, 3.63) is 29.2 Å². The number of hydrogen-bond acceptors (Lipinski definition) is 6. The molecule has 0 spiro atoms. The maximum Gasteiger partial charge on any atom is 0.277 e. The number of nitrogens with one attached hydrogen (secondary N) is 1. The van der Waals surface area contributed by atoms with Gasteiger partial charge in [-0.2, -0.15) is 0 Å². The van der Waals surface area contributed by atoms with E-state index in [4.69, 9.17) is 4.42 Å². The van der Waals surface area contributed by atoms with Gasteiger partial charge >= 0.3 is 0 Å². The third kappa shape index (κ3) is 3.89. The zero-order valence-electron chi connectivity index (χ0n) is 13.9. The lowest BCUT2D eigenvalue weighted by molar-refractivity contribution is -0.120. The number of fused-ring (bicyclic) bond motifs is 1. The number of carbonyl (C=O) groups excluding carboxylic acids is 1. The average molecular weight is 364 g/mol. The number of nitrogens with zero attached hydrogens (tertiary/aromatic N) is 2. The van der Waals surface area contributed by atoms with Crippen LogP contribution in [0.4, 0.5) is 0 Å². The lowest BCUT2D eigenvalue weighted by Gasteiger charge is -2.16. The molecule has 2 aromatic heterocycles. The second-order valence-corrected chi connectivity index (χ2v) is 8.50. The molecule has 2 heterocycles. The molecule has 7 heteroatoms. The van der Waals surface area contributed by atoms with Crippen LogP contribution in [0.1, 0.15) is 30.7 Å². The predicted molar refractivity (Wildman–Crippen MR) is 97.3 cm³/mol. The van der Waals surface area contributed by atoms with E-state index in [9.17, 15) is 4.79 Å². The first kappa shape index (κ1) is 17.2. The molecular formula is C17H21N3O2S2. The molecule has 0 saturated heterocycles. The first-order chi connectivity index (χ1) is 11.6. The van der Waals surface area contributed by atoms with Crippen molar-refractivity contribution in [2.24, 2.45) is 5.92 Å². The van der Waals surface area contributed by atoms with Crippen molar-refractivity contribution in [2.75, 3.05) is 6.54 Å². The Morgan fingerprint density at radius 3 is 3.25 bits per heavy atom. The van der Waals surface area contributed by atoms with Crippen LogP contribution in [0.2, 0.25) is 0 Å². The molecule has 5 nitrogen and oxygen atoms in total. The summed E-state index contributed by atoms with van der Waals surface area (Å²) in [6.45, 7) is 8.15. The van der Waals surface area contributed by atoms with Gasteiger partial charge in [-0.05, 0) is 43.7 Å². The lowest BCUT2D eigenvalue weighted by Crippen LogP contribution is -2.30. The van der Waals surface area contributed by atoms with E-state index in [2.05, 4.69) is 35.1 Å². The molecule has 2 atom stereocenters. The molecule has 3 rings (SSSR count). The van der Waals surface area contributed by atoms with Crippen LogP contribution in [0.5, 0.6) is 0 Å². The second-order valence-electron chi connectivity index (χ2n) is 6.07. The second kappa shape index (κ2) is 7.53. The van der Waals surface area contributed by atoms with Crippen molar-refractivity contribution in [2.45, 2.75) is 43.6 Å². The molecule has 0 aromatic carbocycles. The zero-order valence-corrected chi connectivity index (χ0v) is 15.5. The Hall–Kier alpha value is -1.60. The van der Waals surface area contributed by atoms with Crippen molar-refractivity contribution in [1.29, 1.82) is 0 Å². The predicted octanol–water partition coefficient (Wildman–Crippen LogP) is 3.71. The minimum absolute atomic E-state index is 0.0692. The summed E-state index contributed by atoms with van der Waals surface area (Å²) in [7, 11) is 0. The highest BCUT2D eigenvalue weighted by molar-refractivity contribution is 8.00. The summed E-state index contributed by atoms with van der Waals surface area (Å²) in [4.78, 5) is 14.3. The molecule has 1 amide bonds. The van der Waals surface area contributed by atoms with E-state index in [-0.39, 0.29) is 11.2 Å². The number of rotatable bonds is 6. The van der Waals surface area contributed by atoms with Crippen LogP contribution in [0.25, 0.3) is 10.8 Å². The number of hydrogen-bond donors (Lipinski definition) is 1. The zero-order chi connectivity index (χ0) is 17.1. The molecular weight excluding hydrogens is 342 g/mol. The van der Waals surface area contributed by atoms with Crippen molar-refractivity contribution in [3.8, 4) is 10.8 Å². The summed E-state index contributed by atoms with van der Waals surface area (Å²) in [6.07, 6.45) is 5.16. The third-order valence-electron chi connectivity index (χ3n) is 4.01. The van der Waals surface area contributed by atoms with Gasteiger partial charge in [-0.15, -0.1) is 28.1 Å². The van der Waals surface area contributed by atoms with Crippen molar-refractivity contribution >= 4 is 29.0 Å². The van der Waals surface area contributed by atoms with Gasteiger partial charge in [-0.1, -0.05) is 24.8 Å². The highest BCUT2D eigenvalue weighted by Gasteiger charge is 2.22. The van der Waals surface area contributed by atoms with Crippen molar-refractivity contribution < 1.29 is 9.21 Å². The molecule has 0 unspecified atom stereocenters. The smallest absolute Gasteiger partial charge is 0.277 e. The number of aromatic nitrogens is 2. The molecule has 0 radical (unpaired) electrons. The van der Waals surface area contributed by atoms with Crippen LogP contribution in [-0.2, 0) is 17.6 Å². The number of thioether (sulfide) groups is 1. The molecule has 1 aliphatic carbocycles. The summed E-state index contributed by atoms with van der Waals surface area (Å²) in [5, 5.41) is 11.1. The largest absolute Gasteiger partial charge is 0.410 e. The first-order valence-corrected chi connectivity index (χ1v) is 9.77. The maximum atomic E-state index is 11.9. The van der Waals surface area contributed by atoms with E-state index in [1.165, 1.54) is 28.6 Å². The van der Waals surface area contributed by atoms with Crippen molar-refractivity contribution in [3.63, 3.8) is 0 Å². The van der Waals surface area contributed by atoms with Crippen LogP contribution in [0.15, 0.2) is 28.4 Å². The van der Waals surface area contributed by atoms with Gasteiger partial charge in [0.1, 0.15) is 0 Å². The minimum Gasteiger partial charge on any atom is -0.410 e. The van der Waals surface area contributed by atoms with E-state index in [0.717, 1.165) is 23.6 Å². The Bertz CT molecular complexity index is 738. The van der Waals surface area contributed by atoms with Gasteiger partial charge in [-0.3, -0.25) is 4.79 Å². The summed E-state index contributed by atoms with van der Waals surface area (Å²) < 4.78 is 5.75. The molecule has 0 saturated carbocycles. The third-order valence-corrected chi connectivity index (χ3v) is 6.17. The maximum absolute atomic E-state index is 11.9. The Morgan fingerprint density at radius 1 is 1.62 bits per heavy atom. The van der Waals surface area contributed by atoms with Crippen LogP contribution in [-0.4, -0.2) is 27.9 Å². The summed E-state index contributed by atoms with van der Waals surface area (Å²) in [6, 6.07) is 2.18. The van der Waals surface area contributed by atoms with E-state index < -0.39 is 0 Å². The lowest BCUT2D eigenvalue weighted by atomic mass is 9.90. The number of aryl methyl sites for hydroxylation is 1. The van der Waals surface area contributed by atoms with Crippen molar-refractivity contribution in [1.82, 2.24) is 15.5 Å². The fourth-order valence-electron chi connectivity index (χ4n) is 2.69. The molecule has 1 aliphatic rings. The number of thiophene rings is 1. The normalized spacial score (nSPS) is 18.0. The van der Waals surface area contributed by atoms with Gasteiger partial charge in [0.15, 0.2) is 0 Å². The monoisotopic (exact) mass is 363 g/mol. The van der Waals surface area contributed by atoms with Gasteiger partial charge in [-0.25, -0.2) is 0 Å². The van der Waals surface area contributed by atoms with Gasteiger partial charge in [0.2, 0.25) is 5.91 Å². The van der Waals surface area contributed by atoms with E-state index in [0.29, 0.717) is 17.7 Å². The number of amides is 1. The van der Waals surface area contributed by atoms with Crippen LogP contribution in [0.3, 0.4) is 0 Å². The van der Waals surface area contributed by atoms with Gasteiger partial charge in [0.05, 0.1) is 10.1 Å². The molecule has 128 valence electrons. The summed E-state index contributed by atoms with van der Waals surface area (Å²) >= 11 is 3.02. The topological polar surface area (TPSA) is 68.0 Å². The highest BCUT2D eigenvalue weighted by Crippen LogP contribution is 2.37. The van der Waals surface area contributed by atoms with Crippen LogP contribution >= 0.6 is 23.1 Å². The van der Waals surface area contributed by atoms with Crippen LogP contribution < -0.4 is 5.32 Å². The summed E-state index contributed by atoms with van der Waals surface area (Å²) in [5.74, 6) is 1.21. The van der Waals surface area contributed by atoms with Gasteiger partial charge in [0, 0.05) is 11.4 Å². The average Bonchev–Trinajstić information content (AvgIpc) is 3.18. The highest BCUT2D eigenvalue weighted by atomic mass is 32.2. The Kier molecular flexibility index (Phi) is 5.40. The minimum atomic E-state index is -0.296. The Balaban J connectivity index is 1.67. The van der Waals surface area contributed by atoms with E-state index >= 15 is 0 Å². The molecule has 24 heavy (non-hydrogen) atoms. The summed E-state index contributed by atoms with van der Waals surface area (Å²) in [5.41, 5.74) is 1.42. The van der Waals surface area contributed by atoms with Crippen LogP contribution in [0, 0.1) is 5.92 Å². The molecule has 0 fully saturated rings. The fourth-order valence-corrected chi connectivity index (χ4v) is 4.53. The van der Waals surface area contributed by atoms with E-state index in [1.54, 1.807) is 17.4 Å². The molecule has 0 bridgehead atoms.